The third-order valence-electron chi connectivity index (χ3n) is 1.11. The Kier molecular flexibility index (Phi) is 4.63. The summed E-state index contributed by atoms with van der Waals surface area (Å²) in [6, 6.07) is 0. The second-order valence-corrected chi connectivity index (χ2v) is 4.56. The number of hydrogen-bond donors (Lipinski definition) is 0. The molecule has 0 radical (unpaired) electrons. The summed E-state index contributed by atoms with van der Waals surface area (Å²) in [6.45, 7) is 0. The molecule has 0 saturated carbocycles. The first-order valence-corrected chi connectivity index (χ1v) is 4.31. The van der Waals surface area contributed by atoms with Crippen molar-refractivity contribution in [1.29, 1.82) is 0 Å². The van der Waals surface area contributed by atoms with Gasteiger partial charge in [-0.2, -0.15) is 26.3 Å². The fourth-order valence-electron chi connectivity index (χ4n) is 0.626. The fourth-order valence-corrected chi connectivity index (χ4v) is 0.854. The predicted molar refractivity (Wildman–Crippen MR) is 42.0 cm³/mol. The topological polar surface area (TPSA) is 26.3 Å². The molecule has 11 heteroatoms. The molecule has 0 atom stereocenters. The van der Waals surface area contributed by atoms with E-state index >= 15 is 0 Å². The second kappa shape index (κ2) is 4.66. The predicted octanol–water partition coefficient (Wildman–Crippen LogP) is 3.60. The average molecular weight is 313 g/mol. The van der Waals surface area contributed by atoms with Crippen molar-refractivity contribution in [2.75, 3.05) is 0 Å². The normalized spacial score (nSPS) is 14.1. The maximum Gasteiger partial charge on any atom is 0.411 e. The van der Waals surface area contributed by atoms with E-state index in [1.165, 1.54) is 0 Å². The number of halogens is 9. The largest absolute Gasteiger partial charge is 0.414 e. The minimum absolute atomic E-state index is 2.74. The number of carbonyl (C=O) groups is 1. The van der Waals surface area contributed by atoms with Crippen molar-refractivity contribution >= 4 is 40.8 Å². The van der Waals surface area contributed by atoms with E-state index in [4.69, 9.17) is 34.8 Å². The molecule has 96 valence electrons. The van der Waals surface area contributed by atoms with Crippen LogP contribution in [0.4, 0.5) is 26.3 Å². The van der Waals surface area contributed by atoms with Gasteiger partial charge in [0.1, 0.15) is 0 Å². The zero-order valence-corrected chi connectivity index (χ0v) is 9.06. The Morgan fingerprint density at radius 1 is 0.938 bits per heavy atom. The Labute approximate surface area is 99.4 Å². The minimum atomic E-state index is -5.88. The molecule has 0 aliphatic carbocycles. The van der Waals surface area contributed by atoms with Crippen molar-refractivity contribution in [2.24, 2.45) is 5.92 Å². The molecule has 0 unspecified atom stereocenters. The van der Waals surface area contributed by atoms with E-state index in [-0.39, 0.29) is 0 Å². The Hall–Kier alpha value is -0.0800. The van der Waals surface area contributed by atoms with Crippen LogP contribution in [0.2, 0.25) is 0 Å². The quantitative estimate of drug-likeness (QED) is 0.420. The zero-order chi connectivity index (χ0) is 13.4. The van der Waals surface area contributed by atoms with Crippen LogP contribution in [0.1, 0.15) is 0 Å². The zero-order valence-electron chi connectivity index (χ0n) is 6.80. The first kappa shape index (κ1) is 15.9. The van der Waals surface area contributed by atoms with E-state index in [0.717, 1.165) is 0 Å². The number of esters is 1. The monoisotopic (exact) mass is 312 g/mol. The molecule has 2 nitrogen and oxygen atoms in total. The highest BCUT2D eigenvalue weighted by atomic mass is 35.6. The number of ether oxygens (including phenoxy) is 1. The summed E-state index contributed by atoms with van der Waals surface area (Å²) in [7, 11) is 0. The number of hydrogen-bond acceptors (Lipinski definition) is 2. The molecule has 0 aliphatic heterocycles. The smallest absolute Gasteiger partial charge is 0.411 e. The molecule has 16 heavy (non-hydrogen) atoms. The van der Waals surface area contributed by atoms with Crippen LogP contribution < -0.4 is 0 Å². The molecule has 0 aromatic heterocycles. The van der Waals surface area contributed by atoms with Gasteiger partial charge in [0.25, 0.3) is 0 Å². The molecular weight excluding hydrogens is 312 g/mol. The minimum Gasteiger partial charge on any atom is -0.414 e. The van der Waals surface area contributed by atoms with Crippen LogP contribution in [-0.4, -0.2) is 22.3 Å². The van der Waals surface area contributed by atoms with Gasteiger partial charge in [-0.25, -0.2) is 0 Å². The van der Waals surface area contributed by atoms with Crippen LogP contribution in [0.3, 0.4) is 0 Å². The Bertz CT molecular complexity index is 253. The summed E-state index contributed by atoms with van der Waals surface area (Å²) in [5.41, 5.74) is 0. The van der Waals surface area contributed by atoms with Gasteiger partial charge in [0.2, 0.25) is 5.92 Å². The Morgan fingerprint density at radius 2 is 1.25 bits per heavy atom. The fraction of sp³-hybridized carbons (Fsp3) is 0.800. The number of rotatable bonds is 1. The summed E-state index contributed by atoms with van der Waals surface area (Å²) in [6.07, 6.45) is -11.8. The van der Waals surface area contributed by atoms with Crippen molar-refractivity contribution in [3.05, 3.63) is 0 Å². The van der Waals surface area contributed by atoms with Gasteiger partial charge in [0, 0.05) is 0 Å². The van der Waals surface area contributed by atoms with Crippen molar-refractivity contribution < 1.29 is 35.9 Å². The molecule has 0 N–H and O–H groups in total. The van der Waals surface area contributed by atoms with Gasteiger partial charge >= 0.3 is 22.3 Å². The van der Waals surface area contributed by atoms with Crippen molar-refractivity contribution in [3.63, 3.8) is 0 Å². The van der Waals surface area contributed by atoms with Gasteiger partial charge in [0.05, 0.1) is 0 Å². The number of carbonyl (C=O) groups excluding carboxylic acids is 1. The van der Waals surface area contributed by atoms with Gasteiger partial charge in [-0.3, -0.25) is 4.79 Å². The molecule has 0 fully saturated rings. The molecule has 0 aromatic rings. The Morgan fingerprint density at radius 3 is 1.44 bits per heavy atom. The van der Waals surface area contributed by atoms with Crippen LogP contribution in [0.5, 0.6) is 0 Å². The first-order valence-electron chi connectivity index (χ1n) is 3.18. The van der Waals surface area contributed by atoms with E-state index in [1.54, 1.807) is 0 Å². The summed E-state index contributed by atoms with van der Waals surface area (Å²) in [4.78, 5) is 10.5. The standard InChI is InChI=1S/C5HCl3F6O2/c6-5(7,8)16-2(15)1(3(9,10)11)4(12,13)14/h1H. The van der Waals surface area contributed by atoms with Gasteiger partial charge in [-0.15, -0.1) is 0 Å². The van der Waals surface area contributed by atoms with Crippen molar-refractivity contribution in [2.45, 2.75) is 16.3 Å². The highest BCUT2D eigenvalue weighted by Crippen LogP contribution is 2.41. The maximum atomic E-state index is 11.9. The van der Waals surface area contributed by atoms with Crippen molar-refractivity contribution in [3.8, 4) is 0 Å². The third-order valence-corrected chi connectivity index (χ3v) is 1.34. The van der Waals surface area contributed by atoms with Gasteiger partial charge in [-0.1, -0.05) is 0 Å². The lowest BCUT2D eigenvalue weighted by molar-refractivity contribution is -0.282. The SMILES string of the molecule is O=C(OC(Cl)(Cl)Cl)C(C(F)(F)F)C(F)(F)F. The second-order valence-electron chi connectivity index (χ2n) is 2.38. The lowest BCUT2D eigenvalue weighted by Gasteiger charge is -2.23. The van der Waals surface area contributed by atoms with Crippen LogP contribution in [0, 0.1) is 5.92 Å². The highest BCUT2D eigenvalue weighted by Gasteiger charge is 2.63. The first-order chi connectivity index (χ1) is 6.75. The molecule has 0 spiro atoms. The maximum absolute atomic E-state index is 11.9. The molecule has 0 aromatic carbocycles. The molecule has 0 aliphatic rings. The van der Waals surface area contributed by atoms with E-state index < -0.39 is 28.2 Å². The summed E-state index contributed by atoms with van der Waals surface area (Å²) < 4.78 is 71.7. The summed E-state index contributed by atoms with van der Waals surface area (Å²) in [5, 5.41) is 0. The molecule has 0 rings (SSSR count). The van der Waals surface area contributed by atoms with Crippen LogP contribution >= 0.6 is 34.8 Å². The van der Waals surface area contributed by atoms with E-state index in [1.807, 2.05) is 0 Å². The molecule has 0 bridgehead atoms. The van der Waals surface area contributed by atoms with E-state index in [0.29, 0.717) is 0 Å². The van der Waals surface area contributed by atoms with Crippen molar-refractivity contribution in [1.82, 2.24) is 0 Å². The molecule has 0 heterocycles. The van der Waals surface area contributed by atoms with Gasteiger partial charge < -0.3 is 4.74 Å². The average Bonchev–Trinajstić information content (AvgIpc) is 1.70. The van der Waals surface area contributed by atoms with E-state index in [2.05, 4.69) is 4.74 Å². The molecular formula is C5HCl3F6O2. The van der Waals surface area contributed by atoms with Crippen LogP contribution in [0.25, 0.3) is 0 Å². The van der Waals surface area contributed by atoms with Crippen LogP contribution in [-0.2, 0) is 9.53 Å². The molecule has 0 amide bonds. The lowest BCUT2D eigenvalue weighted by Crippen LogP contribution is -2.44. The van der Waals surface area contributed by atoms with Gasteiger partial charge in [-0.05, 0) is 34.8 Å². The highest BCUT2D eigenvalue weighted by molar-refractivity contribution is 6.66. The lowest BCUT2D eigenvalue weighted by atomic mass is 10.1. The van der Waals surface area contributed by atoms with E-state index in [9.17, 15) is 31.1 Å². The Balaban J connectivity index is 5.03. The van der Waals surface area contributed by atoms with Crippen LogP contribution in [0.15, 0.2) is 0 Å². The molecule has 0 saturated heterocycles. The number of alkyl halides is 9. The third kappa shape index (κ3) is 5.31. The van der Waals surface area contributed by atoms with Gasteiger partial charge in [0.15, 0.2) is 0 Å². The summed E-state index contributed by atoms with van der Waals surface area (Å²) in [5.74, 6) is -7.09. The summed E-state index contributed by atoms with van der Waals surface area (Å²) >= 11 is 14.2.